The molecular weight excluding hydrogens is 170 g/mol. The molecule has 0 aromatic rings. The van der Waals surface area contributed by atoms with Crippen molar-refractivity contribution in [2.45, 2.75) is 0 Å². The first-order valence-electron chi connectivity index (χ1n) is 3.45. The fourth-order valence-electron chi connectivity index (χ4n) is 1.08. The van der Waals surface area contributed by atoms with E-state index in [-0.39, 0.29) is 5.91 Å². The third-order valence-corrected chi connectivity index (χ3v) is 2.26. The molecule has 12 heavy (non-hydrogen) atoms. The lowest BCUT2D eigenvalue weighted by atomic mass is 10.1. The van der Waals surface area contributed by atoms with Crippen LogP contribution in [0, 0.1) is 0 Å². The highest BCUT2D eigenvalue weighted by Crippen LogP contribution is 2.21. The topological polar surface area (TPSA) is 20.3 Å². The average Bonchev–Trinajstić information content (AvgIpc) is 2.29. The van der Waals surface area contributed by atoms with E-state index in [4.69, 9.17) is 12.2 Å². The molecule has 3 heteroatoms. The smallest absolute Gasteiger partial charge is 0.259 e. The number of hydrogen-bond donors (Lipinski definition) is 0. The molecule has 0 atom stereocenters. The van der Waals surface area contributed by atoms with Crippen LogP contribution in [0.25, 0.3) is 0 Å². The van der Waals surface area contributed by atoms with Gasteiger partial charge in [0.2, 0.25) is 0 Å². The van der Waals surface area contributed by atoms with Crippen molar-refractivity contribution in [3.05, 3.63) is 36.5 Å². The van der Waals surface area contributed by atoms with Crippen LogP contribution in [0.15, 0.2) is 36.5 Å². The zero-order chi connectivity index (χ0) is 9.30. The Morgan fingerprint density at radius 3 is 2.17 bits per heavy atom. The Labute approximate surface area is 76.9 Å². The number of thiocarbonyl (C=S) groups is 1. The molecule has 0 N–H and O–H groups in total. The van der Waals surface area contributed by atoms with Crippen LogP contribution in [0.5, 0.6) is 0 Å². The van der Waals surface area contributed by atoms with Gasteiger partial charge in [0, 0.05) is 18.2 Å². The number of carbonyl (C=O) groups excluding carboxylic acids is 1. The van der Waals surface area contributed by atoms with Crippen molar-refractivity contribution >= 4 is 23.1 Å². The van der Waals surface area contributed by atoms with Crippen molar-refractivity contribution < 1.29 is 4.79 Å². The maximum absolute atomic E-state index is 11.4. The van der Waals surface area contributed by atoms with E-state index >= 15 is 0 Å². The van der Waals surface area contributed by atoms with Gasteiger partial charge in [-0.15, -0.1) is 0 Å². The number of likely N-dealkylation sites (N-methyl/N-ethyl adjacent to an activating group) is 1. The van der Waals surface area contributed by atoms with Gasteiger partial charge in [0.25, 0.3) is 5.91 Å². The SMILES string of the molecule is C=CC1=C(C=C)C(=S)N(C)C1=O. The average molecular weight is 179 g/mol. The molecule has 0 aromatic heterocycles. The second kappa shape index (κ2) is 3.03. The molecule has 0 aliphatic carbocycles. The van der Waals surface area contributed by atoms with Gasteiger partial charge in [0.05, 0.1) is 0 Å². The Kier molecular flexibility index (Phi) is 2.24. The van der Waals surface area contributed by atoms with E-state index < -0.39 is 0 Å². The number of nitrogens with zero attached hydrogens (tertiary/aromatic N) is 1. The van der Waals surface area contributed by atoms with Crippen molar-refractivity contribution in [3.63, 3.8) is 0 Å². The molecular formula is C9H9NOS. The molecule has 1 aliphatic rings. The van der Waals surface area contributed by atoms with E-state index in [0.29, 0.717) is 16.1 Å². The monoisotopic (exact) mass is 179 g/mol. The summed E-state index contributed by atoms with van der Waals surface area (Å²) in [5, 5.41) is 0. The molecule has 1 aliphatic heterocycles. The minimum absolute atomic E-state index is 0.107. The molecule has 0 bridgehead atoms. The van der Waals surface area contributed by atoms with Crippen LogP contribution >= 0.6 is 12.2 Å². The maximum atomic E-state index is 11.4. The molecule has 0 saturated carbocycles. The summed E-state index contributed by atoms with van der Waals surface area (Å²) in [5.41, 5.74) is 1.24. The first kappa shape index (κ1) is 8.87. The van der Waals surface area contributed by atoms with Crippen molar-refractivity contribution in [2.75, 3.05) is 7.05 Å². The molecule has 1 rings (SSSR count). The molecule has 1 amide bonds. The van der Waals surface area contributed by atoms with Crippen LogP contribution < -0.4 is 0 Å². The summed E-state index contributed by atoms with van der Waals surface area (Å²) in [6.07, 6.45) is 3.09. The normalized spacial score (nSPS) is 17.2. The van der Waals surface area contributed by atoms with Crippen molar-refractivity contribution in [3.8, 4) is 0 Å². The lowest BCUT2D eigenvalue weighted by Gasteiger charge is -2.07. The van der Waals surface area contributed by atoms with E-state index in [2.05, 4.69) is 13.2 Å². The highest BCUT2D eigenvalue weighted by molar-refractivity contribution is 7.80. The van der Waals surface area contributed by atoms with Gasteiger partial charge in [-0.05, 0) is 0 Å². The minimum Gasteiger partial charge on any atom is -0.302 e. The third-order valence-electron chi connectivity index (χ3n) is 1.77. The predicted molar refractivity (Wildman–Crippen MR) is 52.8 cm³/mol. The van der Waals surface area contributed by atoms with Gasteiger partial charge in [0.15, 0.2) is 0 Å². The second-order valence-electron chi connectivity index (χ2n) is 2.40. The Bertz CT molecular complexity index is 284. The molecule has 0 radical (unpaired) electrons. The standard InChI is InChI=1S/C9H9NOS/c1-4-6-7(5-2)9(12)10(3)8(6)11/h4-5H,1-2H2,3H3. The largest absolute Gasteiger partial charge is 0.302 e. The third kappa shape index (κ3) is 1.02. The van der Waals surface area contributed by atoms with Crippen LogP contribution in [0.3, 0.4) is 0 Å². The first-order valence-corrected chi connectivity index (χ1v) is 3.85. The van der Waals surface area contributed by atoms with E-state index in [0.717, 1.165) is 0 Å². The van der Waals surface area contributed by atoms with Crippen LogP contribution in [-0.4, -0.2) is 22.8 Å². The second-order valence-corrected chi connectivity index (χ2v) is 2.79. The Balaban J connectivity index is 3.27. The summed E-state index contributed by atoms with van der Waals surface area (Å²) >= 11 is 5.01. The van der Waals surface area contributed by atoms with Crippen LogP contribution in [-0.2, 0) is 4.79 Å². The fraction of sp³-hybridized carbons (Fsp3) is 0.111. The summed E-state index contributed by atoms with van der Waals surface area (Å²) in [4.78, 5) is 13.3. The number of carbonyl (C=O) groups is 1. The van der Waals surface area contributed by atoms with E-state index in [1.807, 2.05) is 0 Å². The summed E-state index contributed by atoms with van der Waals surface area (Å²) in [6, 6.07) is 0. The minimum atomic E-state index is -0.107. The van der Waals surface area contributed by atoms with Gasteiger partial charge in [-0.25, -0.2) is 0 Å². The predicted octanol–water partition coefficient (Wildman–Crippen LogP) is 1.45. The van der Waals surface area contributed by atoms with Crippen molar-refractivity contribution in [2.24, 2.45) is 0 Å². The summed E-state index contributed by atoms with van der Waals surface area (Å²) < 4.78 is 0. The van der Waals surface area contributed by atoms with Crippen LogP contribution in [0.4, 0.5) is 0 Å². The van der Waals surface area contributed by atoms with E-state index in [1.165, 1.54) is 11.0 Å². The molecule has 62 valence electrons. The lowest BCUT2D eigenvalue weighted by Crippen LogP contribution is -2.25. The first-order chi connectivity index (χ1) is 5.63. The highest BCUT2D eigenvalue weighted by atomic mass is 32.1. The van der Waals surface area contributed by atoms with Gasteiger partial charge < -0.3 is 4.90 Å². The lowest BCUT2D eigenvalue weighted by molar-refractivity contribution is -0.121. The molecule has 0 fully saturated rings. The van der Waals surface area contributed by atoms with Crippen LogP contribution in [0.1, 0.15) is 0 Å². The molecule has 0 spiro atoms. The fourth-order valence-corrected chi connectivity index (χ4v) is 1.35. The number of rotatable bonds is 2. The van der Waals surface area contributed by atoms with Crippen LogP contribution in [0.2, 0.25) is 0 Å². The quantitative estimate of drug-likeness (QED) is 0.598. The molecule has 0 aromatic carbocycles. The Hall–Kier alpha value is -1.22. The van der Waals surface area contributed by atoms with Gasteiger partial charge in [-0.1, -0.05) is 37.5 Å². The maximum Gasteiger partial charge on any atom is 0.259 e. The summed E-state index contributed by atoms with van der Waals surface area (Å²) in [5.74, 6) is -0.107. The van der Waals surface area contributed by atoms with Gasteiger partial charge >= 0.3 is 0 Å². The number of amides is 1. The molecule has 0 saturated heterocycles. The number of hydrogen-bond acceptors (Lipinski definition) is 2. The zero-order valence-electron chi connectivity index (χ0n) is 6.83. The van der Waals surface area contributed by atoms with Crippen molar-refractivity contribution in [1.29, 1.82) is 0 Å². The Morgan fingerprint density at radius 1 is 1.33 bits per heavy atom. The zero-order valence-corrected chi connectivity index (χ0v) is 7.65. The summed E-state index contributed by atoms with van der Waals surface area (Å²) in [7, 11) is 1.64. The van der Waals surface area contributed by atoms with Gasteiger partial charge in [-0.2, -0.15) is 0 Å². The van der Waals surface area contributed by atoms with Gasteiger partial charge in [0.1, 0.15) is 4.99 Å². The highest BCUT2D eigenvalue weighted by Gasteiger charge is 2.28. The van der Waals surface area contributed by atoms with E-state index in [9.17, 15) is 4.79 Å². The molecule has 0 unspecified atom stereocenters. The Morgan fingerprint density at radius 2 is 1.83 bits per heavy atom. The summed E-state index contributed by atoms with van der Waals surface area (Å²) in [6.45, 7) is 7.14. The molecule has 2 nitrogen and oxygen atoms in total. The molecule has 1 heterocycles. The van der Waals surface area contributed by atoms with Crippen molar-refractivity contribution in [1.82, 2.24) is 4.90 Å². The van der Waals surface area contributed by atoms with E-state index in [1.54, 1.807) is 13.1 Å². The van der Waals surface area contributed by atoms with Gasteiger partial charge in [-0.3, -0.25) is 4.79 Å².